The second kappa shape index (κ2) is 7.58. The molecule has 0 fully saturated rings. The van der Waals surface area contributed by atoms with Crippen molar-refractivity contribution >= 4 is 5.97 Å². The molecule has 0 unspecified atom stereocenters. The summed E-state index contributed by atoms with van der Waals surface area (Å²) in [4.78, 5) is 10.1. The maximum Gasteiger partial charge on any atom is 0.303 e. The molecular weight excluding hydrogens is 140 g/mol. The molecule has 2 heteroatoms. The van der Waals surface area contributed by atoms with E-state index in [1.807, 2.05) is 0 Å². The van der Waals surface area contributed by atoms with Crippen LogP contribution in [0.5, 0.6) is 0 Å². The van der Waals surface area contributed by atoms with E-state index in [9.17, 15) is 4.79 Å². The van der Waals surface area contributed by atoms with Gasteiger partial charge in [0.25, 0.3) is 0 Å². The van der Waals surface area contributed by atoms with Crippen molar-refractivity contribution in [2.45, 2.75) is 45.4 Å². The van der Waals surface area contributed by atoms with Gasteiger partial charge in [0.05, 0.1) is 0 Å². The van der Waals surface area contributed by atoms with E-state index in [-0.39, 0.29) is 0 Å². The van der Waals surface area contributed by atoms with E-state index in [2.05, 4.69) is 13.3 Å². The van der Waals surface area contributed by atoms with E-state index in [4.69, 9.17) is 5.11 Å². The first-order valence-electron chi connectivity index (χ1n) is 4.27. The van der Waals surface area contributed by atoms with Gasteiger partial charge in [0.1, 0.15) is 0 Å². The summed E-state index contributed by atoms with van der Waals surface area (Å²) >= 11 is 0. The highest BCUT2D eigenvalue weighted by molar-refractivity contribution is 5.66. The van der Waals surface area contributed by atoms with Crippen LogP contribution in [0.1, 0.15) is 45.4 Å². The van der Waals surface area contributed by atoms with Crippen LogP contribution < -0.4 is 0 Å². The van der Waals surface area contributed by atoms with E-state index < -0.39 is 5.97 Å². The molecule has 0 atom stereocenters. The highest BCUT2D eigenvalue weighted by Gasteiger charge is 1.95. The number of unbranched alkanes of at least 4 members (excludes halogenated alkanes) is 5. The van der Waals surface area contributed by atoms with Crippen LogP contribution in [0.4, 0.5) is 0 Å². The van der Waals surface area contributed by atoms with Crippen molar-refractivity contribution in [1.82, 2.24) is 0 Å². The Morgan fingerprint density at radius 3 is 2.45 bits per heavy atom. The van der Waals surface area contributed by atoms with Gasteiger partial charge in [-0.25, -0.2) is 0 Å². The zero-order valence-electron chi connectivity index (χ0n) is 7.18. The molecular formula is C9H17O2. The minimum Gasteiger partial charge on any atom is -0.481 e. The fraction of sp³-hybridized carbons (Fsp3) is 0.778. The number of carboxylic acid groups (broad SMARTS) is 1. The maximum absolute atomic E-state index is 10.1. The number of hydrogen-bond donors (Lipinski definition) is 1. The lowest BCUT2D eigenvalue weighted by Gasteiger charge is -1.96. The van der Waals surface area contributed by atoms with Crippen LogP contribution in [-0.2, 0) is 4.79 Å². The maximum atomic E-state index is 10.1. The Kier molecular flexibility index (Phi) is 7.21. The third-order valence-corrected chi connectivity index (χ3v) is 1.63. The molecule has 0 saturated carbocycles. The molecule has 2 nitrogen and oxygen atoms in total. The summed E-state index contributed by atoms with van der Waals surface area (Å²) in [5.74, 6) is -0.674. The van der Waals surface area contributed by atoms with E-state index in [1.54, 1.807) is 0 Å². The van der Waals surface area contributed by atoms with E-state index in [0.29, 0.717) is 6.42 Å². The predicted molar refractivity (Wildman–Crippen MR) is 45.3 cm³/mol. The molecule has 0 rings (SSSR count). The van der Waals surface area contributed by atoms with Crippen molar-refractivity contribution in [2.24, 2.45) is 0 Å². The second-order valence-corrected chi connectivity index (χ2v) is 2.75. The van der Waals surface area contributed by atoms with Crippen molar-refractivity contribution in [1.29, 1.82) is 0 Å². The number of carboxylic acids is 1. The van der Waals surface area contributed by atoms with Gasteiger partial charge in [0, 0.05) is 6.42 Å². The van der Waals surface area contributed by atoms with Crippen molar-refractivity contribution in [3.63, 3.8) is 0 Å². The second-order valence-electron chi connectivity index (χ2n) is 2.75. The standard InChI is InChI=1S/C9H17O2/c1-2-3-4-5-6-7-8-9(10)11/h2H,3-8H2,1H3,(H,10,11). The molecule has 1 radical (unpaired) electrons. The van der Waals surface area contributed by atoms with E-state index in [0.717, 1.165) is 25.7 Å². The topological polar surface area (TPSA) is 37.3 Å². The Morgan fingerprint density at radius 2 is 1.91 bits per heavy atom. The SMILES string of the molecule is C[CH]CCCCCCC(=O)O. The van der Waals surface area contributed by atoms with Gasteiger partial charge >= 0.3 is 5.97 Å². The molecule has 0 aliphatic heterocycles. The van der Waals surface area contributed by atoms with Crippen LogP contribution in [0.2, 0.25) is 0 Å². The minimum atomic E-state index is -0.674. The fourth-order valence-electron chi connectivity index (χ4n) is 0.978. The van der Waals surface area contributed by atoms with Gasteiger partial charge in [0.2, 0.25) is 0 Å². The molecule has 0 heterocycles. The molecule has 0 aliphatic carbocycles. The number of aliphatic carboxylic acids is 1. The highest BCUT2D eigenvalue weighted by Crippen LogP contribution is 2.05. The zero-order valence-corrected chi connectivity index (χ0v) is 7.18. The molecule has 0 aromatic heterocycles. The molecule has 11 heavy (non-hydrogen) atoms. The smallest absolute Gasteiger partial charge is 0.303 e. The normalized spacial score (nSPS) is 9.91. The van der Waals surface area contributed by atoms with Crippen molar-refractivity contribution in [3.8, 4) is 0 Å². The van der Waals surface area contributed by atoms with Gasteiger partial charge in [-0.15, -0.1) is 0 Å². The minimum absolute atomic E-state index is 0.329. The average molecular weight is 157 g/mol. The Bertz CT molecular complexity index is 99.7. The van der Waals surface area contributed by atoms with Crippen molar-refractivity contribution in [2.75, 3.05) is 0 Å². The largest absolute Gasteiger partial charge is 0.481 e. The van der Waals surface area contributed by atoms with Gasteiger partial charge in [-0.3, -0.25) is 4.79 Å². The summed E-state index contributed by atoms with van der Waals surface area (Å²) in [5.41, 5.74) is 0. The molecule has 0 aromatic carbocycles. The first-order chi connectivity index (χ1) is 5.27. The average Bonchev–Trinajstić information content (AvgIpc) is 1.96. The molecule has 0 saturated heterocycles. The van der Waals surface area contributed by atoms with E-state index in [1.165, 1.54) is 6.42 Å². The Morgan fingerprint density at radius 1 is 1.27 bits per heavy atom. The monoisotopic (exact) mass is 157 g/mol. The van der Waals surface area contributed by atoms with E-state index >= 15 is 0 Å². The number of hydrogen-bond acceptors (Lipinski definition) is 1. The molecule has 0 aromatic rings. The van der Waals surface area contributed by atoms with Crippen molar-refractivity contribution < 1.29 is 9.90 Å². The number of carbonyl (C=O) groups is 1. The van der Waals surface area contributed by atoms with Crippen LogP contribution in [0.15, 0.2) is 0 Å². The number of rotatable bonds is 7. The lowest BCUT2D eigenvalue weighted by Crippen LogP contribution is -1.93. The van der Waals surface area contributed by atoms with Crippen LogP contribution in [-0.4, -0.2) is 11.1 Å². The van der Waals surface area contributed by atoms with Gasteiger partial charge in [-0.05, 0) is 12.8 Å². The summed E-state index contributed by atoms with van der Waals surface area (Å²) in [6, 6.07) is 0. The van der Waals surface area contributed by atoms with Crippen molar-refractivity contribution in [3.05, 3.63) is 6.42 Å². The Labute approximate surface area is 68.6 Å². The first-order valence-corrected chi connectivity index (χ1v) is 4.27. The highest BCUT2D eigenvalue weighted by atomic mass is 16.4. The molecule has 0 spiro atoms. The van der Waals surface area contributed by atoms with Crippen LogP contribution >= 0.6 is 0 Å². The van der Waals surface area contributed by atoms with Gasteiger partial charge < -0.3 is 5.11 Å². The fourth-order valence-corrected chi connectivity index (χ4v) is 0.978. The summed E-state index contributed by atoms with van der Waals surface area (Å²) in [6.07, 6.45) is 7.90. The molecule has 0 amide bonds. The molecule has 0 bridgehead atoms. The van der Waals surface area contributed by atoms with Crippen LogP contribution in [0.25, 0.3) is 0 Å². The zero-order chi connectivity index (χ0) is 8.53. The van der Waals surface area contributed by atoms with Gasteiger partial charge in [0.15, 0.2) is 0 Å². The first kappa shape index (κ1) is 10.5. The summed E-state index contributed by atoms with van der Waals surface area (Å²) in [7, 11) is 0. The third-order valence-electron chi connectivity index (χ3n) is 1.63. The summed E-state index contributed by atoms with van der Waals surface area (Å²) < 4.78 is 0. The quantitative estimate of drug-likeness (QED) is 0.577. The Balaban J connectivity index is 2.85. The van der Waals surface area contributed by atoms with Gasteiger partial charge in [-0.1, -0.05) is 32.6 Å². The lowest BCUT2D eigenvalue weighted by molar-refractivity contribution is -0.137. The summed E-state index contributed by atoms with van der Waals surface area (Å²) in [5, 5.41) is 8.31. The Hall–Kier alpha value is -0.530. The third kappa shape index (κ3) is 9.47. The van der Waals surface area contributed by atoms with Gasteiger partial charge in [-0.2, -0.15) is 0 Å². The molecule has 1 N–H and O–H groups in total. The predicted octanol–water partition coefficient (Wildman–Crippen LogP) is 2.64. The molecule has 65 valence electrons. The lowest BCUT2D eigenvalue weighted by atomic mass is 10.1. The molecule has 0 aliphatic rings. The summed E-state index contributed by atoms with van der Waals surface area (Å²) in [6.45, 7) is 2.05. The van der Waals surface area contributed by atoms with Crippen LogP contribution in [0, 0.1) is 6.42 Å². The van der Waals surface area contributed by atoms with Crippen LogP contribution in [0.3, 0.4) is 0 Å².